The lowest BCUT2D eigenvalue weighted by atomic mass is 9.80. The summed E-state index contributed by atoms with van der Waals surface area (Å²) in [6.45, 7) is 1.48. The molecular formula is C27H30N2O6. The van der Waals surface area contributed by atoms with Gasteiger partial charge in [-0.25, -0.2) is 4.79 Å². The summed E-state index contributed by atoms with van der Waals surface area (Å²) in [5.74, 6) is -1.23. The SMILES string of the molecule is O=C(NC[C@H]1C[C@H]1C(=O)NCC1(C(=O)O)CCOCC1)OCC1c2ccccc2-c2ccccc21. The van der Waals surface area contributed by atoms with Crippen molar-refractivity contribution in [3.8, 4) is 11.1 Å². The minimum atomic E-state index is -0.960. The number of carbonyl (C=O) groups is 3. The molecule has 2 aliphatic carbocycles. The van der Waals surface area contributed by atoms with Crippen molar-refractivity contribution in [1.82, 2.24) is 10.6 Å². The minimum absolute atomic E-state index is 0.000607. The number of alkyl carbamates (subject to hydrolysis) is 1. The number of carboxylic acids is 1. The van der Waals surface area contributed by atoms with E-state index in [-0.39, 0.29) is 36.8 Å². The van der Waals surface area contributed by atoms with Gasteiger partial charge in [0.2, 0.25) is 5.91 Å². The molecule has 2 amide bonds. The van der Waals surface area contributed by atoms with Crippen molar-refractivity contribution in [1.29, 1.82) is 0 Å². The molecule has 5 rings (SSSR count). The van der Waals surface area contributed by atoms with Gasteiger partial charge in [-0.3, -0.25) is 9.59 Å². The van der Waals surface area contributed by atoms with Crippen LogP contribution in [0.4, 0.5) is 4.79 Å². The Bertz CT molecular complexity index is 1080. The zero-order valence-electron chi connectivity index (χ0n) is 19.5. The monoisotopic (exact) mass is 478 g/mol. The fraction of sp³-hybridized carbons (Fsp3) is 0.444. The van der Waals surface area contributed by atoms with Crippen LogP contribution in [0.1, 0.15) is 36.3 Å². The van der Waals surface area contributed by atoms with Crippen LogP contribution in [0, 0.1) is 17.3 Å². The van der Waals surface area contributed by atoms with E-state index in [1.54, 1.807) is 0 Å². The van der Waals surface area contributed by atoms with Crippen LogP contribution in [0.2, 0.25) is 0 Å². The maximum absolute atomic E-state index is 12.5. The molecule has 8 nitrogen and oxygen atoms in total. The second kappa shape index (κ2) is 9.70. The summed E-state index contributed by atoms with van der Waals surface area (Å²) in [5.41, 5.74) is 3.70. The standard InChI is InChI=1S/C27H30N2O6/c30-24(29-16-27(25(31)32)9-11-34-12-10-27)22-13-17(22)14-28-26(33)35-15-23-20-7-3-1-5-18(20)19-6-2-4-8-21(19)23/h1-8,17,22-23H,9-16H2,(H,28,33)(H,29,30)(H,31,32)/t17-,22-/m1/s1. The molecule has 2 atom stereocenters. The van der Waals surface area contributed by atoms with Gasteiger partial charge in [0.05, 0.1) is 5.41 Å². The Morgan fingerprint density at radius 3 is 2.23 bits per heavy atom. The fourth-order valence-electron chi connectivity index (χ4n) is 5.27. The lowest BCUT2D eigenvalue weighted by molar-refractivity contribution is -0.154. The van der Waals surface area contributed by atoms with Gasteiger partial charge in [-0.15, -0.1) is 0 Å². The predicted molar refractivity (Wildman–Crippen MR) is 128 cm³/mol. The zero-order valence-corrected chi connectivity index (χ0v) is 19.5. The number of rotatable bonds is 8. The summed E-state index contributed by atoms with van der Waals surface area (Å²) in [7, 11) is 0. The smallest absolute Gasteiger partial charge is 0.407 e. The van der Waals surface area contributed by atoms with E-state index in [0.717, 1.165) is 11.1 Å². The number of nitrogens with one attached hydrogen (secondary N) is 2. The maximum atomic E-state index is 12.5. The Kier molecular flexibility index (Phi) is 6.47. The van der Waals surface area contributed by atoms with Gasteiger partial charge < -0.3 is 25.2 Å². The molecule has 3 aliphatic rings. The van der Waals surface area contributed by atoms with E-state index < -0.39 is 17.5 Å². The lowest BCUT2D eigenvalue weighted by Gasteiger charge is -2.33. The third kappa shape index (κ3) is 4.75. The Labute approximate surface area is 204 Å². The van der Waals surface area contributed by atoms with Gasteiger partial charge in [0.25, 0.3) is 0 Å². The highest BCUT2D eigenvalue weighted by Gasteiger charge is 2.45. The molecule has 0 aromatic heterocycles. The van der Waals surface area contributed by atoms with Gasteiger partial charge in [-0.1, -0.05) is 48.5 Å². The van der Waals surface area contributed by atoms with Crippen molar-refractivity contribution in [3.05, 3.63) is 59.7 Å². The predicted octanol–water partition coefficient (Wildman–Crippen LogP) is 3.16. The molecule has 1 aliphatic heterocycles. The molecule has 1 saturated carbocycles. The topological polar surface area (TPSA) is 114 Å². The van der Waals surface area contributed by atoms with E-state index in [0.29, 0.717) is 39.0 Å². The second-order valence-corrected chi connectivity index (χ2v) is 9.72. The molecule has 8 heteroatoms. The first-order valence-electron chi connectivity index (χ1n) is 12.2. The van der Waals surface area contributed by atoms with E-state index in [4.69, 9.17) is 9.47 Å². The molecule has 0 bridgehead atoms. The van der Waals surface area contributed by atoms with Crippen molar-refractivity contribution in [3.63, 3.8) is 0 Å². The quantitative estimate of drug-likeness (QED) is 0.537. The number of aliphatic carboxylic acids is 1. The molecule has 2 fully saturated rings. The summed E-state index contributed by atoms with van der Waals surface area (Å²) >= 11 is 0. The summed E-state index contributed by atoms with van der Waals surface area (Å²) in [4.78, 5) is 36.6. The minimum Gasteiger partial charge on any atom is -0.481 e. The Morgan fingerprint density at radius 1 is 0.971 bits per heavy atom. The fourth-order valence-corrected chi connectivity index (χ4v) is 5.27. The Morgan fingerprint density at radius 2 is 1.60 bits per heavy atom. The molecule has 35 heavy (non-hydrogen) atoms. The summed E-state index contributed by atoms with van der Waals surface area (Å²) in [5, 5.41) is 15.2. The zero-order chi connectivity index (χ0) is 24.4. The molecule has 2 aromatic carbocycles. The van der Waals surface area contributed by atoms with Crippen LogP contribution in [0.5, 0.6) is 0 Å². The number of ether oxygens (including phenoxy) is 2. The second-order valence-electron chi connectivity index (χ2n) is 9.72. The van der Waals surface area contributed by atoms with Crippen LogP contribution in [-0.2, 0) is 19.1 Å². The van der Waals surface area contributed by atoms with E-state index in [2.05, 4.69) is 34.9 Å². The average Bonchev–Trinajstić information content (AvgIpc) is 3.60. The summed E-state index contributed by atoms with van der Waals surface area (Å²) in [6, 6.07) is 16.3. The van der Waals surface area contributed by atoms with Crippen molar-refractivity contribution in [2.24, 2.45) is 17.3 Å². The third-order valence-electron chi connectivity index (χ3n) is 7.62. The van der Waals surface area contributed by atoms with E-state index >= 15 is 0 Å². The number of carbonyl (C=O) groups excluding carboxylic acids is 2. The average molecular weight is 479 g/mol. The number of carboxylic acid groups (broad SMARTS) is 1. The van der Waals surface area contributed by atoms with Crippen LogP contribution < -0.4 is 10.6 Å². The summed E-state index contributed by atoms with van der Waals surface area (Å²) in [6.07, 6.45) is 0.948. The normalized spacial score (nSPS) is 21.9. The molecule has 0 radical (unpaired) electrons. The third-order valence-corrected chi connectivity index (χ3v) is 7.62. The Hall–Kier alpha value is -3.39. The molecular weight excluding hydrogens is 448 g/mol. The molecule has 3 N–H and O–H groups in total. The highest BCUT2D eigenvalue weighted by molar-refractivity contribution is 5.83. The van der Waals surface area contributed by atoms with Gasteiger partial charge in [-0.2, -0.15) is 0 Å². The van der Waals surface area contributed by atoms with Crippen LogP contribution in [-0.4, -0.2) is 56.0 Å². The first-order chi connectivity index (χ1) is 17.0. The first-order valence-corrected chi connectivity index (χ1v) is 12.2. The molecule has 2 aromatic rings. The molecule has 0 spiro atoms. The number of hydrogen-bond acceptors (Lipinski definition) is 5. The Balaban J connectivity index is 1.07. The molecule has 184 valence electrons. The van der Waals surface area contributed by atoms with Crippen molar-refractivity contribution < 1.29 is 29.0 Å². The van der Waals surface area contributed by atoms with Gasteiger partial charge >= 0.3 is 12.1 Å². The van der Waals surface area contributed by atoms with Gasteiger partial charge in [0.1, 0.15) is 6.61 Å². The highest BCUT2D eigenvalue weighted by Crippen LogP contribution is 2.44. The van der Waals surface area contributed by atoms with Gasteiger partial charge in [0.15, 0.2) is 0 Å². The van der Waals surface area contributed by atoms with E-state index in [1.807, 2.05) is 24.3 Å². The van der Waals surface area contributed by atoms with Crippen molar-refractivity contribution >= 4 is 18.0 Å². The van der Waals surface area contributed by atoms with Crippen molar-refractivity contribution in [2.75, 3.05) is 32.9 Å². The number of hydrogen-bond donors (Lipinski definition) is 3. The number of benzene rings is 2. The number of fused-ring (bicyclic) bond motifs is 3. The molecule has 1 saturated heterocycles. The van der Waals surface area contributed by atoms with Crippen LogP contribution in [0.15, 0.2) is 48.5 Å². The van der Waals surface area contributed by atoms with Crippen molar-refractivity contribution in [2.45, 2.75) is 25.2 Å². The largest absolute Gasteiger partial charge is 0.481 e. The van der Waals surface area contributed by atoms with E-state index in [9.17, 15) is 19.5 Å². The maximum Gasteiger partial charge on any atom is 0.407 e. The van der Waals surface area contributed by atoms with Gasteiger partial charge in [0, 0.05) is 38.1 Å². The van der Waals surface area contributed by atoms with Crippen LogP contribution in [0.25, 0.3) is 11.1 Å². The van der Waals surface area contributed by atoms with Gasteiger partial charge in [-0.05, 0) is 47.4 Å². The molecule has 1 heterocycles. The first kappa shape index (κ1) is 23.4. The van der Waals surface area contributed by atoms with Crippen LogP contribution in [0.3, 0.4) is 0 Å². The van der Waals surface area contributed by atoms with E-state index in [1.165, 1.54) is 11.1 Å². The summed E-state index contributed by atoms with van der Waals surface area (Å²) < 4.78 is 10.8. The van der Waals surface area contributed by atoms with Crippen LogP contribution >= 0.6 is 0 Å². The number of amides is 2. The lowest BCUT2D eigenvalue weighted by Crippen LogP contribution is -2.47. The highest BCUT2D eigenvalue weighted by atomic mass is 16.5. The molecule has 0 unspecified atom stereocenters.